The van der Waals surface area contributed by atoms with E-state index >= 15 is 0 Å². The van der Waals surface area contributed by atoms with Crippen LogP contribution in [0.1, 0.15) is 31.2 Å². The average molecular weight is 254 g/mol. The molecule has 0 saturated heterocycles. The van der Waals surface area contributed by atoms with Gasteiger partial charge in [0.05, 0.1) is 0 Å². The largest absolute Gasteiger partial charge is 0.328 e. The van der Waals surface area contributed by atoms with Crippen LogP contribution in [0.15, 0.2) is 28.7 Å². The van der Waals surface area contributed by atoms with Crippen molar-refractivity contribution >= 4 is 15.9 Å². The van der Waals surface area contributed by atoms with Crippen LogP contribution in [0.4, 0.5) is 0 Å². The lowest BCUT2D eigenvalue weighted by molar-refractivity contribution is 0.229. The minimum absolute atomic E-state index is 0.355. The second kappa shape index (κ2) is 4.03. The molecule has 14 heavy (non-hydrogen) atoms. The van der Waals surface area contributed by atoms with Gasteiger partial charge in [0, 0.05) is 10.5 Å². The molecule has 76 valence electrons. The summed E-state index contributed by atoms with van der Waals surface area (Å²) in [6.07, 6.45) is 2.50. The lowest BCUT2D eigenvalue weighted by atomic mass is 9.69. The maximum Gasteiger partial charge on any atom is 0.0210 e. The molecule has 1 unspecified atom stereocenters. The van der Waals surface area contributed by atoms with Gasteiger partial charge in [0.15, 0.2) is 0 Å². The van der Waals surface area contributed by atoms with Gasteiger partial charge < -0.3 is 5.73 Å². The molecule has 1 saturated carbocycles. The standard InChI is InChI=1S/C12H16BrN/c1-8(14)9-6-10(7-9)11-4-2-3-5-12(11)13/h2-5,8-10H,6-7,14H2,1H3. The third-order valence-corrected chi connectivity index (χ3v) is 3.99. The molecule has 2 rings (SSSR count). The van der Waals surface area contributed by atoms with Crippen LogP contribution in [-0.4, -0.2) is 6.04 Å². The summed E-state index contributed by atoms with van der Waals surface area (Å²) in [7, 11) is 0. The van der Waals surface area contributed by atoms with Gasteiger partial charge in [0.25, 0.3) is 0 Å². The number of rotatable bonds is 2. The van der Waals surface area contributed by atoms with Gasteiger partial charge >= 0.3 is 0 Å². The summed E-state index contributed by atoms with van der Waals surface area (Å²) in [5, 5.41) is 0. The third kappa shape index (κ3) is 1.86. The molecule has 0 spiro atoms. The van der Waals surface area contributed by atoms with E-state index in [-0.39, 0.29) is 0 Å². The Morgan fingerprint density at radius 3 is 2.57 bits per heavy atom. The number of benzene rings is 1. The molecule has 1 nitrogen and oxygen atoms in total. The molecule has 0 aromatic heterocycles. The Bertz CT molecular complexity index is 316. The van der Waals surface area contributed by atoms with Crippen molar-refractivity contribution in [1.82, 2.24) is 0 Å². The number of hydrogen-bond donors (Lipinski definition) is 1. The van der Waals surface area contributed by atoms with Gasteiger partial charge in [-0.3, -0.25) is 0 Å². The van der Waals surface area contributed by atoms with Crippen LogP contribution in [0.2, 0.25) is 0 Å². The Hall–Kier alpha value is -0.340. The Morgan fingerprint density at radius 1 is 1.36 bits per heavy atom. The van der Waals surface area contributed by atoms with Crippen molar-refractivity contribution < 1.29 is 0 Å². The van der Waals surface area contributed by atoms with Gasteiger partial charge in [0.1, 0.15) is 0 Å². The van der Waals surface area contributed by atoms with Crippen molar-refractivity contribution in [1.29, 1.82) is 0 Å². The van der Waals surface area contributed by atoms with Gasteiger partial charge in [-0.1, -0.05) is 34.1 Å². The lowest BCUT2D eigenvalue weighted by Crippen LogP contribution is -2.36. The van der Waals surface area contributed by atoms with E-state index in [0.29, 0.717) is 6.04 Å². The first-order valence-electron chi connectivity index (χ1n) is 5.18. The van der Waals surface area contributed by atoms with E-state index in [9.17, 15) is 0 Å². The van der Waals surface area contributed by atoms with Crippen molar-refractivity contribution in [2.24, 2.45) is 11.7 Å². The molecule has 0 bridgehead atoms. The molecular weight excluding hydrogens is 238 g/mol. The molecular formula is C12H16BrN. The van der Waals surface area contributed by atoms with Crippen LogP contribution < -0.4 is 5.73 Å². The van der Waals surface area contributed by atoms with E-state index < -0.39 is 0 Å². The second-order valence-electron chi connectivity index (χ2n) is 4.31. The van der Waals surface area contributed by atoms with Gasteiger partial charge in [-0.2, -0.15) is 0 Å². The van der Waals surface area contributed by atoms with Gasteiger partial charge in [-0.05, 0) is 43.2 Å². The molecule has 0 aliphatic heterocycles. The average Bonchev–Trinajstić information content (AvgIpc) is 2.05. The van der Waals surface area contributed by atoms with Gasteiger partial charge in [-0.25, -0.2) is 0 Å². The summed E-state index contributed by atoms with van der Waals surface area (Å²) in [4.78, 5) is 0. The van der Waals surface area contributed by atoms with E-state index in [1.807, 2.05) is 0 Å². The monoisotopic (exact) mass is 253 g/mol. The van der Waals surface area contributed by atoms with Crippen LogP contribution in [0, 0.1) is 5.92 Å². The highest BCUT2D eigenvalue weighted by molar-refractivity contribution is 9.10. The minimum atomic E-state index is 0.355. The Kier molecular flexibility index (Phi) is 2.93. The SMILES string of the molecule is CC(N)C1CC(c2ccccc2Br)C1. The Balaban J connectivity index is 2.03. The summed E-state index contributed by atoms with van der Waals surface area (Å²) in [5.41, 5.74) is 7.31. The number of nitrogens with two attached hydrogens (primary N) is 1. The molecule has 0 amide bonds. The molecule has 2 N–H and O–H groups in total. The summed E-state index contributed by atoms with van der Waals surface area (Å²) in [6, 6.07) is 8.86. The molecule has 1 atom stereocenters. The van der Waals surface area contributed by atoms with Crippen molar-refractivity contribution in [2.45, 2.75) is 31.7 Å². The smallest absolute Gasteiger partial charge is 0.0210 e. The summed E-state index contributed by atoms with van der Waals surface area (Å²) in [5.74, 6) is 1.45. The topological polar surface area (TPSA) is 26.0 Å². The second-order valence-corrected chi connectivity index (χ2v) is 5.16. The summed E-state index contributed by atoms with van der Waals surface area (Å²) >= 11 is 3.60. The molecule has 0 radical (unpaired) electrons. The van der Waals surface area contributed by atoms with Crippen molar-refractivity contribution in [3.05, 3.63) is 34.3 Å². The molecule has 1 aromatic rings. The molecule has 1 fully saturated rings. The van der Waals surface area contributed by atoms with Crippen molar-refractivity contribution in [2.75, 3.05) is 0 Å². The highest BCUT2D eigenvalue weighted by Crippen LogP contribution is 2.44. The van der Waals surface area contributed by atoms with Crippen LogP contribution in [0.5, 0.6) is 0 Å². The molecule has 0 heterocycles. The maximum absolute atomic E-state index is 5.86. The quantitative estimate of drug-likeness (QED) is 0.861. The number of halogens is 1. The third-order valence-electron chi connectivity index (χ3n) is 3.26. The molecule has 1 aromatic carbocycles. The van der Waals surface area contributed by atoms with E-state index in [0.717, 1.165) is 11.8 Å². The van der Waals surface area contributed by atoms with Crippen LogP contribution in [0.3, 0.4) is 0 Å². The maximum atomic E-state index is 5.86. The predicted octanol–water partition coefficient (Wildman–Crippen LogP) is 3.29. The van der Waals surface area contributed by atoms with Crippen LogP contribution in [-0.2, 0) is 0 Å². The minimum Gasteiger partial charge on any atom is -0.328 e. The first kappa shape index (κ1) is 10.2. The fraction of sp³-hybridized carbons (Fsp3) is 0.500. The zero-order chi connectivity index (χ0) is 10.1. The summed E-state index contributed by atoms with van der Waals surface area (Å²) in [6.45, 7) is 2.11. The van der Waals surface area contributed by atoms with E-state index in [2.05, 4.69) is 47.1 Å². The zero-order valence-corrected chi connectivity index (χ0v) is 10.00. The van der Waals surface area contributed by atoms with Crippen LogP contribution >= 0.6 is 15.9 Å². The fourth-order valence-electron chi connectivity index (χ4n) is 2.15. The van der Waals surface area contributed by atoms with Crippen LogP contribution in [0.25, 0.3) is 0 Å². The fourth-order valence-corrected chi connectivity index (χ4v) is 2.76. The molecule has 1 aliphatic carbocycles. The highest BCUT2D eigenvalue weighted by Gasteiger charge is 2.33. The predicted molar refractivity (Wildman–Crippen MR) is 63.3 cm³/mol. The first-order chi connectivity index (χ1) is 6.68. The summed E-state index contributed by atoms with van der Waals surface area (Å²) < 4.78 is 1.24. The van der Waals surface area contributed by atoms with Gasteiger partial charge in [0.2, 0.25) is 0 Å². The molecule has 1 aliphatic rings. The van der Waals surface area contributed by atoms with E-state index in [1.165, 1.54) is 22.9 Å². The Morgan fingerprint density at radius 2 is 2.00 bits per heavy atom. The normalized spacial score (nSPS) is 28.2. The Labute approximate surface area is 93.8 Å². The van der Waals surface area contributed by atoms with E-state index in [1.54, 1.807) is 0 Å². The molecule has 2 heteroatoms. The van der Waals surface area contributed by atoms with E-state index in [4.69, 9.17) is 5.73 Å². The lowest BCUT2D eigenvalue weighted by Gasteiger charge is -2.38. The number of hydrogen-bond acceptors (Lipinski definition) is 1. The van der Waals surface area contributed by atoms with Gasteiger partial charge in [-0.15, -0.1) is 0 Å². The van der Waals surface area contributed by atoms with Crippen molar-refractivity contribution in [3.63, 3.8) is 0 Å². The highest BCUT2D eigenvalue weighted by atomic mass is 79.9. The first-order valence-corrected chi connectivity index (χ1v) is 5.98. The van der Waals surface area contributed by atoms with Crippen molar-refractivity contribution in [3.8, 4) is 0 Å². The zero-order valence-electron chi connectivity index (χ0n) is 8.41.